The lowest BCUT2D eigenvalue weighted by Gasteiger charge is -2.31. The van der Waals surface area contributed by atoms with Crippen LogP contribution in [0.25, 0.3) is 0 Å². The molecule has 1 aliphatic rings. The molecule has 34 heavy (non-hydrogen) atoms. The third-order valence-electron chi connectivity index (χ3n) is 5.63. The van der Waals surface area contributed by atoms with E-state index in [1.54, 1.807) is 0 Å². The first-order valence-corrected chi connectivity index (χ1v) is 11.9. The summed E-state index contributed by atoms with van der Waals surface area (Å²) >= 11 is 1.07. The highest BCUT2D eigenvalue weighted by molar-refractivity contribution is 8.03. The number of thioether (sulfide) groups is 1. The molecule has 2 aromatic rings. The first-order valence-electron chi connectivity index (χ1n) is 10.9. The molecule has 0 fully saturated rings. The number of benzene rings is 2. The van der Waals surface area contributed by atoms with Crippen LogP contribution in [0.3, 0.4) is 0 Å². The number of hydrogen-bond acceptors (Lipinski definition) is 6. The number of hydrogen-bond donors (Lipinski definition) is 2. The molecule has 2 aromatic carbocycles. The van der Waals surface area contributed by atoms with Crippen LogP contribution in [0.4, 0.5) is 0 Å². The summed E-state index contributed by atoms with van der Waals surface area (Å²) in [6, 6.07) is 19.2. The van der Waals surface area contributed by atoms with E-state index in [4.69, 9.17) is 4.74 Å². The third-order valence-corrected chi connectivity index (χ3v) is 6.64. The average Bonchev–Trinajstić information content (AvgIpc) is 2.85. The van der Waals surface area contributed by atoms with E-state index in [9.17, 15) is 19.6 Å². The van der Waals surface area contributed by atoms with Crippen LogP contribution in [-0.4, -0.2) is 30.6 Å². The monoisotopic (exact) mass is 477 g/mol. The Morgan fingerprint density at radius 2 is 1.82 bits per heavy atom. The molecule has 2 amide bonds. The fraction of sp³-hybridized carbons (Fsp3) is 0.308. The average molecular weight is 478 g/mol. The summed E-state index contributed by atoms with van der Waals surface area (Å²) in [5.41, 5.74) is 2.96. The number of methoxy groups -OCH3 is 1. The number of rotatable bonds is 8. The molecular weight excluding hydrogens is 450 g/mol. The lowest BCUT2D eigenvalue weighted by atomic mass is 9.78. The molecular formula is C26H27N3O4S. The van der Waals surface area contributed by atoms with Gasteiger partial charge in [-0.2, -0.15) is 5.26 Å². The minimum atomic E-state index is -1.19. The number of nitrogens with one attached hydrogen (secondary N) is 2. The molecule has 0 unspecified atom stereocenters. The van der Waals surface area contributed by atoms with Gasteiger partial charge in [0.2, 0.25) is 11.8 Å². The molecule has 7 nitrogen and oxygen atoms in total. The fourth-order valence-electron chi connectivity index (χ4n) is 3.75. The Labute approximate surface area is 203 Å². The number of carbonyl (C=O) groups is 3. The van der Waals surface area contributed by atoms with Crippen molar-refractivity contribution in [2.24, 2.45) is 5.92 Å². The minimum Gasteiger partial charge on any atom is -0.468 e. The fourth-order valence-corrected chi connectivity index (χ4v) is 4.63. The van der Waals surface area contributed by atoms with Gasteiger partial charge in [-0.3, -0.25) is 14.4 Å². The predicted molar refractivity (Wildman–Crippen MR) is 130 cm³/mol. The van der Waals surface area contributed by atoms with Gasteiger partial charge in [-0.15, -0.1) is 0 Å². The Balaban J connectivity index is 1.84. The second-order valence-corrected chi connectivity index (χ2v) is 9.18. The van der Waals surface area contributed by atoms with E-state index in [1.165, 1.54) is 7.11 Å². The standard InChI is InChI=1S/C26H27N3O4S/c1-16(2)18-9-11-19(12-10-18)22-20(13-27)25(29-24(31)23(22)26(32)33-3)34-15-21(30)28-14-17-7-5-4-6-8-17/h4-12,16,22-23H,14-15H2,1-3H3,(H,28,30)(H,29,31)/t22-,23-/m0/s1. The molecule has 1 aliphatic heterocycles. The maximum Gasteiger partial charge on any atom is 0.319 e. The molecule has 0 spiro atoms. The second-order valence-electron chi connectivity index (χ2n) is 8.19. The van der Waals surface area contributed by atoms with Gasteiger partial charge in [-0.05, 0) is 22.6 Å². The van der Waals surface area contributed by atoms with Crippen LogP contribution in [0.15, 0.2) is 65.2 Å². The smallest absolute Gasteiger partial charge is 0.319 e. The highest BCUT2D eigenvalue weighted by Gasteiger charge is 2.44. The number of esters is 1. The van der Waals surface area contributed by atoms with Gasteiger partial charge in [0.05, 0.1) is 29.5 Å². The van der Waals surface area contributed by atoms with Crippen molar-refractivity contribution in [3.05, 3.63) is 81.9 Å². The Bertz CT molecular complexity index is 1120. The predicted octanol–water partition coefficient (Wildman–Crippen LogP) is 3.60. The molecule has 2 N–H and O–H groups in total. The summed E-state index contributed by atoms with van der Waals surface area (Å²) in [4.78, 5) is 37.8. The highest BCUT2D eigenvalue weighted by atomic mass is 32.2. The highest BCUT2D eigenvalue weighted by Crippen LogP contribution is 2.40. The van der Waals surface area contributed by atoms with Gasteiger partial charge in [0.25, 0.3) is 0 Å². The summed E-state index contributed by atoms with van der Waals surface area (Å²) in [5, 5.41) is 15.7. The van der Waals surface area contributed by atoms with Crippen molar-refractivity contribution < 1.29 is 19.1 Å². The molecule has 176 valence electrons. The van der Waals surface area contributed by atoms with E-state index in [-0.39, 0.29) is 22.3 Å². The van der Waals surface area contributed by atoms with Gasteiger partial charge in [0, 0.05) is 12.5 Å². The molecule has 0 radical (unpaired) electrons. The van der Waals surface area contributed by atoms with Crippen LogP contribution < -0.4 is 10.6 Å². The molecule has 3 rings (SSSR count). The minimum absolute atomic E-state index is 0.00945. The van der Waals surface area contributed by atoms with E-state index in [1.807, 2.05) is 54.6 Å². The van der Waals surface area contributed by atoms with Gasteiger partial charge in [0.15, 0.2) is 0 Å². The summed E-state index contributed by atoms with van der Waals surface area (Å²) in [6.07, 6.45) is 0. The van der Waals surface area contributed by atoms with Crippen molar-refractivity contribution in [3.8, 4) is 6.07 Å². The normalized spacial score (nSPS) is 17.7. The van der Waals surface area contributed by atoms with Crippen LogP contribution >= 0.6 is 11.8 Å². The summed E-state index contributed by atoms with van der Waals surface area (Å²) in [7, 11) is 1.21. The van der Waals surface area contributed by atoms with E-state index in [2.05, 4.69) is 30.6 Å². The largest absolute Gasteiger partial charge is 0.468 e. The van der Waals surface area contributed by atoms with Gasteiger partial charge in [-0.25, -0.2) is 0 Å². The number of ether oxygens (including phenoxy) is 1. The van der Waals surface area contributed by atoms with Crippen LogP contribution in [0.5, 0.6) is 0 Å². The first-order chi connectivity index (χ1) is 16.3. The Kier molecular flexibility index (Phi) is 8.50. The van der Waals surface area contributed by atoms with Crippen molar-refractivity contribution in [1.29, 1.82) is 5.26 Å². The third kappa shape index (κ3) is 5.86. The lowest BCUT2D eigenvalue weighted by Crippen LogP contribution is -2.44. The molecule has 0 saturated carbocycles. The quantitative estimate of drug-likeness (QED) is 0.444. The maximum atomic E-state index is 12.9. The maximum absolute atomic E-state index is 12.9. The van der Waals surface area contributed by atoms with Crippen LogP contribution in [0.1, 0.15) is 42.4 Å². The summed E-state index contributed by atoms with van der Waals surface area (Å²) < 4.78 is 4.87. The number of carbonyl (C=O) groups excluding carboxylic acids is 3. The number of amides is 2. The van der Waals surface area contributed by atoms with E-state index in [0.717, 1.165) is 22.9 Å². The molecule has 1 heterocycles. The van der Waals surface area contributed by atoms with Crippen molar-refractivity contribution >= 4 is 29.5 Å². The Hall–Kier alpha value is -3.57. The summed E-state index contributed by atoms with van der Waals surface area (Å²) in [6.45, 7) is 4.52. The van der Waals surface area contributed by atoms with Crippen molar-refractivity contribution in [3.63, 3.8) is 0 Å². The molecule has 0 aromatic heterocycles. The van der Waals surface area contributed by atoms with Gasteiger partial charge >= 0.3 is 5.97 Å². The van der Waals surface area contributed by atoms with Crippen LogP contribution in [0, 0.1) is 17.2 Å². The van der Waals surface area contributed by atoms with Crippen molar-refractivity contribution in [1.82, 2.24) is 10.6 Å². The Morgan fingerprint density at radius 3 is 2.41 bits per heavy atom. The second kappa shape index (κ2) is 11.5. The number of nitrogens with zero attached hydrogens (tertiary/aromatic N) is 1. The van der Waals surface area contributed by atoms with E-state index >= 15 is 0 Å². The zero-order valence-electron chi connectivity index (χ0n) is 19.3. The molecule has 2 atom stereocenters. The number of allylic oxidation sites excluding steroid dienone is 1. The first kappa shape index (κ1) is 25.1. The molecule has 0 bridgehead atoms. The van der Waals surface area contributed by atoms with Crippen molar-refractivity contribution in [2.45, 2.75) is 32.2 Å². The topological polar surface area (TPSA) is 108 Å². The van der Waals surface area contributed by atoms with Crippen LogP contribution in [0.2, 0.25) is 0 Å². The summed E-state index contributed by atoms with van der Waals surface area (Å²) in [5.74, 6) is -3.19. The van der Waals surface area contributed by atoms with E-state index in [0.29, 0.717) is 18.0 Å². The number of nitriles is 1. The van der Waals surface area contributed by atoms with Gasteiger partial charge < -0.3 is 15.4 Å². The molecule has 0 saturated heterocycles. The SMILES string of the molecule is COC(=O)[C@@H]1C(=O)NC(SCC(=O)NCc2ccccc2)=C(C#N)[C@@H]1c1ccc(C(C)C)cc1. The molecule has 8 heteroatoms. The van der Waals surface area contributed by atoms with Gasteiger partial charge in [-0.1, -0.05) is 80.2 Å². The Morgan fingerprint density at radius 1 is 1.15 bits per heavy atom. The van der Waals surface area contributed by atoms with Crippen LogP contribution in [-0.2, 0) is 25.7 Å². The molecule has 0 aliphatic carbocycles. The zero-order chi connectivity index (χ0) is 24.7. The lowest BCUT2D eigenvalue weighted by molar-refractivity contribution is -0.150. The van der Waals surface area contributed by atoms with E-state index < -0.39 is 23.7 Å². The zero-order valence-corrected chi connectivity index (χ0v) is 20.1. The van der Waals surface area contributed by atoms with Crippen molar-refractivity contribution in [2.75, 3.05) is 12.9 Å². The van der Waals surface area contributed by atoms with Gasteiger partial charge in [0.1, 0.15) is 5.92 Å².